The van der Waals surface area contributed by atoms with E-state index in [0.717, 1.165) is 6.42 Å². The summed E-state index contributed by atoms with van der Waals surface area (Å²) in [5.41, 5.74) is 7.25. The van der Waals surface area contributed by atoms with Crippen molar-refractivity contribution in [2.24, 2.45) is 11.1 Å². The minimum atomic E-state index is -0.282. The van der Waals surface area contributed by atoms with Crippen LogP contribution >= 0.6 is 11.6 Å². The van der Waals surface area contributed by atoms with Crippen molar-refractivity contribution in [1.29, 1.82) is 0 Å². The molecule has 2 amide bonds. The Morgan fingerprint density at radius 2 is 1.88 bits per heavy atom. The zero-order chi connectivity index (χ0) is 18.7. The van der Waals surface area contributed by atoms with Gasteiger partial charge in [0.1, 0.15) is 0 Å². The number of nitrogens with one attached hydrogen (secondary N) is 1. The van der Waals surface area contributed by atoms with Gasteiger partial charge >= 0.3 is 0 Å². The molecule has 26 heavy (non-hydrogen) atoms. The van der Waals surface area contributed by atoms with E-state index in [-0.39, 0.29) is 17.2 Å². The number of nitrogens with two attached hydrogens (primary N) is 1. The topological polar surface area (TPSA) is 75.4 Å². The standard InChI is InChI=1S/C20H22ClN3O2/c1-20(12-22)10-11-24(13-20)19(26)16-4-2-3-5-17(16)23-18(25)14-6-8-15(21)9-7-14/h2-9H,10-13,22H2,1H3,(H,23,25). The first-order chi connectivity index (χ1) is 12.4. The normalized spacial score (nSPS) is 19.4. The first-order valence-electron chi connectivity index (χ1n) is 8.57. The SMILES string of the molecule is CC1(CN)CCN(C(=O)c2ccccc2NC(=O)c2ccc(Cl)cc2)C1. The molecule has 0 radical (unpaired) electrons. The van der Waals surface area contributed by atoms with Crippen molar-refractivity contribution in [3.8, 4) is 0 Å². The van der Waals surface area contributed by atoms with E-state index in [9.17, 15) is 9.59 Å². The average molecular weight is 372 g/mol. The van der Waals surface area contributed by atoms with Crippen LogP contribution in [0.2, 0.25) is 5.02 Å². The molecule has 0 bridgehead atoms. The molecule has 2 aromatic rings. The summed E-state index contributed by atoms with van der Waals surface area (Å²) in [6.45, 7) is 3.94. The van der Waals surface area contributed by atoms with E-state index >= 15 is 0 Å². The molecule has 1 aliphatic rings. The lowest BCUT2D eigenvalue weighted by Gasteiger charge is -2.23. The Kier molecular flexibility index (Phi) is 5.30. The molecule has 1 unspecified atom stereocenters. The summed E-state index contributed by atoms with van der Waals surface area (Å²) in [5.74, 6) is -0.371. The van der Waals surface area contributed by atoms with E-state index < -0.39 is 0 Å². The largest absolute Gasteiger partial charge is 0.338 e. The second kappa shape index (κ2) is 7.48. The van der Waals surface area contributed by atoms with Gasteiger partial charge in [-0.05, 0) is 54.8 Å². The molecule has 0 saturated carbocycles. The third-order valence-corrected chi connectivity index (χ3v) is 5.10. The zero-order valence-corrected chi connectivity index (χ0v) is 15.4. The van der Waals surface area contributed by atoms with Crippen LogP contribution in [0, 0.1) is 5.41 Å². The summed E-state index contributed by atoms with van der Waals surface area (Å²) in [6, 6.07) is 13.7. The Hall–Kier alpha value is -2.37. The molecule has 1 aliphatic heterocycles. The molecule has 136 valence electrons. The molecular weight excluding hydrogens is 350 g/mol. The van der Waals surface area contributed by atoms with Crippen LogP contribution in [-0.4, -0.2) is 36.3 Å². The van der Waals surface area contributed by atoms with Gasteiger partial charge in [-0.2, -0.15) is 0 Å². The van der Waals surface area contributed by atoms with Gasteiger partial charge in [0.05, 0.1) is 11.3 Å². The highest BCUT2D eigenvalue weighted by Gasteiger charge is 2.35. The van der Waals surface area contributed by atoms with Crippen molar-refractivity contribution in [2.75, 3.05) is 25.0 Å². The number of carbonyl (C=O) groups excluding carboxylic acids is 2. The lowest BCUT2D eigenvalue weighted by molar-refractivity contribution is 0.0778. The number of hydrogen-bond acceptors (Lipinski definition) is 3. The fourth-order valence-corrected chi connectivity index (χ4v) is 3.23. The molecule has 0 aliphatic carbocycles. The van der Waals surface area contributed by atoms with Gasteiger partial charge in [0.25, 0.3) is 11.8 Å². The smallest absolute Gasteiger partial charge is 0.255 e. The number of hydrogen-bond donors (Lipinski definition) is 2. The number of rotatable bonds is 4. The minimum Gasteiger partial charge on any atom is -0.338 e. The van der Waals surface area contributed by atoms with Crippen molar-refractivity contribution in [1.82, 2.24) is 4.90 Å². The molecule has 0 spiro atoms. The quantitative estimate of drug-likeness (QED) is 0.864. The van der Waals surface area contributed by atoms with E-state index in [2.05, 4.69) is 12.2 Å². The summed E-state index contributed by atoms with van der Waals surface area (Å²) < 4.78 is 0. The number of carbonyl (C=O) groups is 2. The number of amides is 2. The van der Waals surface area contributed by atoms with E-state index in [1.165, 1.54) is 0 Å². The first-order valence-corrected chi connectivity index (χ1v) is 8.95. The third-order valence-electron chi connectivity index (χ3n) is 4.85. The summed E-state index contributed by atoms with van der Waals surface area (Å²) in [4.78, 5) is 27.2. The van der Waals surface area contributed by atoms with Crippen LogP contribution in [-0.2, 0) is 0 Å². The fourth-order valence-electron chi connectivity index (χ4n) is 3.11. The number of nitrogens with zero attached hydrogens (tertiary/aromatic N) is 1. The molecular formula is C20H22ClN3O2. The van der Waals surface area contributed by atoms with E-state index in [1.807, 2.05) is 0 Å². The number of benzene rings is 2. The maximum absolute atomic E-state index is 13.0. The highest BCUT2D eigenvalue weighted by Crippen LogP contribution is 2.30. The first kappa shape index (κ1) is 18.4. The lowest BCUT2D eigenvalue weighted by atomic mass is 9.90. The monoisotopic (exact) mass is 371 g/mol. The van der Waals surface area contributed by atoms with Crippen LogP contribution in [0.1, 0.15) is 34.1 Å². The van der Waals surface area contributed by atoms with Crippen LogP contribution in [0.15, 0.2) is 48.5 Å². The Morgan fingerprint density at radius 1 is 1.19 bits per heavy atom. The average Bonchev–Trinajstić information content (AvgIpc) is 3.05. The van der Waals surface area contributed by atoms with E-state index in [4.69, 9.17) is 17.3 Å². The van der Waals surface area contributed by atoms with Crippen LogP contribution in [0.3, 0.4) is 0 Å². The molecule has 3 rings (SSSR count). The predicted molar refractivity (Wildman–Crippen MR) is 104 cm³/mol. The van der Waals surface area contributed by atoms with Gasteiger partial charge in [0, 0.05) is 23.7 Å². The number of para-hydroxylation sites is 1. The van der Waals surface area contributed by atoms with Crippen molar-refractivity contribution in [2.45, 2.75) is 13.3 Å². The minimum absolute atomic E-state index is 0.0445. The Balaban J connectivity index is 1.79. The van der Waals surface area contributed by atoms with Gasteiger partial charge in [-0.25, -0.2) is 0 Å². The lowest BCUT2D eigenvalue weighted by Crippen LogP contribution is -2.34. The van der Waals surface area contributed by atoms with E-state index in [1.54, 1.807) is 53.4 Å². The van der Waals surface area contributed by atoms with Crippen LogP contribution in [0.5, 0.6) is 0 Å². The molecule has 0 aromatic heterocycles. The van der Waals surface area contributed by atoms with Gasteiger partial charge in [0.2, 0.25) is 0 Å². The molecule has 1 heterocycles. The summed E-state index contributed by atoms with van der Waals surface area (Å²) in [5, 5.41) is 3.40. The highest BCUT2D eigenvalue weighted by atomic mass is 35.5. The zero-order valence-electron chi connectivity index (χ0n) is 14.7. The van der Waals surface area contributed by atoms with Crippen molar-refractivity contribution < 1.29 is 9.59 Å². The maximum Gasteiger partial charge on any atom is 0.255 e. The van der Waals surface area contributed by atoms with Crippen molar-refractivity contribution in [3.63, 3.8) is 0 Å². The van der Waals surface area contributed by atoms with Gasteiger partial charge in [-0.3, -0.25) is 9.59 Å². The second-order valence-corrected chi connectivity index (χ2v) is 7.43. The molecule has 3 N–H and O–H groups in total. The number of anilines is 1. The summed E-state index contributed by atoms with van der Waals surface area (Å²) >= 11 is 5.86. The highest BCUT2D eigenvalue weighted by molar-refractivity contribution is 6.30. The van der Waals surface area contributed by atoms with Gasteiger partial charge in [-0.1, -0.05) is 30.7 Å². The maximum atomic E-state index is 13.0. The molecule has 1 saturated heterocycles. The van der Waals surface area contributed by atoms with Gasteiger partial charge < -0.3 is 16.0 Å². The Morgan fingerprint density at radius 3 is 2.54 bits per heavy atom. The Bertz CT molecular complexity index is 822. The number of halogens is 1. The van der Waals surface area contributed by atoms with Gasteiger partial charge in [0.15, 0.2) is 0 Å². The fraction of sp³-hybridized carbons (Fsp3) is 0.300. The molecule has 6 heteroatoms. The van der Waals surface area contributed by atoms with Crippen LogP contribution < -0.4 is 11.1 Å². The summed E-state index contributed by atoms with van der Waals surface area (Å²) in [7, 11) is 0. The molecule has 2 aromatic carbocycles. The van der Waals surface area contributed by atoms with Crippen molar-refractivity contribution >= 4 is 29.1 Å². The molecule has 1 fully saturated rings. The summed E-state index contributed by atoms with van der Waals surface area (Å²) in [6.07, 6.45) is 0.883. The van der Waals surface area contributed by atoms with Crippen LogP contribution in [0.4, 0.5) is 5.69 Å². The van der Waals surface area contributed by atoms with Crippen LogP contribution in [0.25, 0.3) is 0 Å². The molecule has 5 nitrogen and oxygen atoms in total. The number of likely N-dealkylation sites (tertiary alicyclic amines) is 1. The predicted octanol–water partition coefficient (Wildman–Crippen LogP) is 3.40. The van der Waals surface area contributed by atoms with Gasteiger partial charge in [-0.15, -0.1) is 0 Å². The Labute approximate surface area is 158 Å². The van der Waals surface area contributed by atoms with E-state index in [0.29, 0.717) is 41.5 Å². The second-order valence-electron chi connectivity index (χ2n) is 7.00. The molecule has 1 atom stereocenters. The van der Waals surface area contributed by atoms with Crippen molar-refractivity contribution in [3.05, 3.63) is 64.7 Å². The third kappa shape index (κ3) is 3.89.